The molecule has 0 aromatic heterocycles. The lowest BCUT2D eigenvalue weighted by atomic mass is 10.1. The summed E-state index contributed by atoms with van der Waals surface area (Å²) in [5.41, 5.74) is 1.86. The SMILES string of the molecule is N#Cc1ccc(O)c(C(=O)Oc2ccc(NC(=N)NCc3ccccc3)cc2)c1. The fraction of sp³-hybridized carbons (Fsp3) is 0.0455. The maximum atomic E-state index is 12.2. The van der Waals surface area contributed by atoms with Crippen LogP contribution in [0.5, 0.6) is 11.5 Å². The van der Waals surface area contributed by atoms with Crippen molar-refractivity contribution in [1.29, 1.82) is 10.7 Å². The number of aromatic hydroxyl groups is 1. The fourth-order valence-corrected chi connectivity index (χ4v) is 2.51. The van der Waals surface area contributed by atoms with Crippen LogP contribution in [0.25, 0.3) is 0 Å². The molecule has 29 heavy (non-hydrogen) atoms. The second kappa shape index (κ2) is 9.06. The van der Waals surface area contributed by atoms with E-state index in [-0.39, 0.29) is 28.6 Å². The van der Waals surface area contributed by atoms with E-state index in [2.05, 4.69) is 10.6 Å². The number of carbonyl (C=O) groups excluding carboxylic acids is 1. The van der Waals surface area contributed by atoms with Gasteiger partial charge in [0.1, 0.15) is 17.1 Å². The Kier molecular flexibility index (Phi) is 6.08. The number of benzene rings is 3. The number of ether oxygens (including phenoxy) is 1. The molecule has 4 N–H and O–H groups in total. The molecule has 0 bridgehead atoms. The molecule has 0 radical (unpaired) electrons. The quantitative estimate of drug-likeness (QED) is 0.230. The highest BCUT2D eigenvalue weighted by molar-refractivity contribution is 5.94. The van der Waals surface area contributed by atoms with Gasteiger partial charge >= 0.3 is 5.97 Å². The van der Waals surface area contributed by atoms with Gasteiger partial charge in [-0.2, -0.15) is 5.26 Å². The van der Waals surface area contributed by atoms with Crippen molar-refractivity contribution in [3.05, 3.63) is 89.5 Å². The molecule has 0 aliphatic rings. The van der Waals surface area contributed by atoms with Gasteiger partial charge in [0, 0.05) is 12.2 Å². The third-order valence-electron chi connectivity index (χ3n) is 3.99. The molecule has 7 heteroatoms. The van der Waals surface area contributed by atoms with E-state index in [0.717, 1.165) is 5.56 Å². The minimum atomic E-state index is -0.766. The number of rotatable bonds is 5. The van der Waals surface area contributed by atoms with Gasteiger partial charge in [-0.3, -0.25) is 5.41 Å². The van der Waals surface area contributed by atoms with E-state index in [9.17, 15) is 9.90 Å². The van der Waals surface area contributed by atoms with Crippen molar-refractivity contribution in [3.63, 3.8) is 0 Å². The van der Waals surface area contributed by atoms with Crippen LogP contribution in [0.2, 0.25) is 0 Å². The third-order valence-corrected chi connectivity index (χ3v) is 3.99. The minimum Gasteiger partial charge on any atom is -0.507 e. The van der Waals surface area contributed by atoms with Crippen molar-refractivity contribution in [2.24, 2.45) is 0 Å². The second-order valence-corrected chi connectivity index (χ2v) is 6.10. The van der Waals surface area contributed by atoms with E-state index in [1.54, 1.807) is 24.3 Å². The topological polar surface area (TPSA) is 118 Å². The summed E-state index contributed by atoms with van der Waals surface area (Å²) in [6.07, 6.45) is 0. The summed E-state index contributed by atoms with van der Waals surface area (Å²) in [5.74, 6) is -0.620. The summed E-state index contributed by atoms with van der Waals surface area (Å²) in [5, 5.41) is 32.5. The van der Waals surface area contributed by atoms with Gasteiger partial charge in [-0.25, -0.2) is 4.79 Å². The first kappa shape index (κ1) is 19.5. The Bertz CT molecular complexity index is 1060. The minimum absolute atomic E-state index is 0.0851. The number of hydrogen-bond donors (Lipinski definition) is 4. The summed E-state index contributed by atoms with van der Waals surface area (Å²) in [6, 6.07) is 22.0. The van der Waals surface area contributed by atoms with Crippen molar-refractivity contribution >= 4 is 17.6 Å². The first-order chi connectivity index (χ1) is 14.0. The zero-order chi connectivity index (χ0) is 20.6. The number of phenolic OH excluding ortho intramolecular Hbond substituents is 1. The molecule has 3 aromatic rings. The largest absolute Gasteiger partial charge is 0.507 e. The maximum absolute atomic E-state index is 12.2. The monoisotopic (exact) mass is 386 g/mol. The van der Waals surface area contributed by atoms with Crippen LogP contribution in [0.15, 0.2) is 72.8 Å². The molecule has 0 heterocycles. The molecule has 3 aromatic carbocycles. The average molecular weight is 386 g/mol. The van der Waals surface area contributed by atoms with Crippen molar-refractivity contribution < 1.29 is 14.6 Å². The summed E-state index contributed by atoms with van der Waals surface area (Å²) in [4.78, 5) is 12.2. The number of phenols is 1. The van der Waals surface area contributed by atoms with Gasteiger partial charge in [-0.1, -0.05) is 30.3 Å². The molecular formula is C22H18N4O3. The van der Waals surface area contributed by atoms with Crippen molar-refractivity contribution in [2.75, 3.05) is 5.32 Å². The van der Waals surface area contributed by atoms with E-state index in [4.69, 9.17) is 15.4 Å². The van der Waals surface area contributed by atoms with E-state index >= 15 is 0 Å². The summed E-state index contributed by atoms with van der Waals surface area (Å²) < 4.78 is 5.24. The molecular weight excluding hydrogens is 368 g/mol. The van der Waals surface area contributed by atoms with Gasteiger partial charge in [-0.05, 0) is 48.0 Å². The van der Waals surface area contributed by atoms with Gasteiger partial charge in [-0.15, -0.1) is 0 Å². The number of carbonyl (C=O) groups is 1. The standard InChI is InChI=1S/C22H18N4O3/c23-13-16-6-11-20(27)19(12-16)21(28)29-18-9-7-17(8-10-18)26-22(24)25-14-15-4-2-1-3-5-15/h1-12,27H,14H2,(H3,24,25,26). The van der Waals surface area contributed by atoms with Crippen LogP contribution in [0.4, 0.5) is 5.69 Å². The highest BCUT2D eigenvalue weighted by Gasteiger charge is 2.14. The molecule has 0 saturated heterocycles. The van der Waals surface area contributed by atoms with Crippen LogP contribution < -0.4 is 15.4 Å². The van der Waals surface area contributed by atoms with E-state index in [1.807, 2.05) is 36.4 Å². The van der Waals surface area contributed by atoms with Crippen LogP contribution in [-0.4, -0.2) is 17.0 Å². The predicted molar refractivity (Wildman–Crippen MR) is 109 cm³/mol. The molecule has 0 spiro atoms. The van der Waals surface area contributed by atoms with Crippen molar-refractivity contribution in [2.45, 2.75) is 6.54 Å². The van der Waals surface area contributed by atoms with Gasteiger partial charge in [0.05, 0.1) is 11.6 Å². The molecule has 7 nitrogen and oxygen atoms in total. The lowest BCUT2D eigenvalue weighted by Gasteiger charge is -2.11. The number of esters is 1. The second-order valence-electron chi connectivity index (χ2n) is 6.10. The fourth-order valence-electron chi connectivity index (χ4n) is 2.51. The molecule has 0 unspecified atom stereocenters. The zero-order valence-electron chi connectivity index (χ0n) is 15.3. The smallest absolute Gasteiger partial charge is 0.347 e. The molecule has 0 aliphatic heterocycles. The number of anilines is 1. The lowest BCUT2D eigenvalue weighted by molar-refractivity contribution is 0.0731. The number of nitrogens with one attached hydrogen (secondary N) is 3. The number of hydrogen-bond acceptors (Lipinski definition) is 5. The number of nitriles is 1. The van der Waals surface area contributed by atoms with Gasteiger partial charge in [0.25, 0.3) is 0 Å². The predicted octanol–water partition coefficient (Wildman–Crippen LogP) is 3.62. The molecule has 0 saturated carbocycles. The van der Waals surface area contributed by atoms with Crippen LogP contribution in [0, 0.1) is 16.7 Å². The highest BCUT2D eigenvalue weighted by atomic mass is 16.5. The van der Waals surface area contributed by atoms with Gasteiger partial charge in [0.2, 0.25) is 0 Å². The first-order valence-electron chi connectivity index (χ1n) is 8.74. The molecule has 0 amide bonds. The Morgan fingerprint density at radius 1 is 1.07 bits per heavy atom. The van der Waals surface area contributed by atoms with E-state index in [0.29, 0.717) is 12.2 Å². The normalized spacial score (nSPS) is 9.90. The lowest BCUT2D eigenvalue weighted by Crippen LogP contribution is -2.28. The molecule has 3 rings (SSSR count). The summed E-state index contributed by atoms with van der Waals surface area (Å²) in [7, 11) is 0. The summed E-state index contributed by atoms with van der Waals surface area (Å²) in [6.45, 7) is 0.521. The Morgan fingerprint density at radius 3 is 2.48 bits per heavy atom. The van der Waals surface area contributed by atoms with Gasteiger partial charge < -0.3 is 20.5 Å². The van der Waals surface area contributed by atoms with Crippen molar-refractivity contribution in [3.8, 4) is 17.6 Å². The van der Waals surface area contributed by atoms with Crippen LogP contribution in [0.1, 0.15) is 21.5 Å². The van der Waals surface area contributed by atoms with E-state index < -0.39 is 5.97 Å². The molecule has 0 atom stereocenters. The van der Waals surface area contributed by atoms with Crippen molar-refractivity contribution in [1.82, 2.24) is 5.32 Å². The van der Waals surface area contributed by atoms with Crippen LogP contribution in [0.3, 0.4) is 0 Å². The molecule has 0 aliphatic carbocycles. The highest BCUT2D eigenvalue weighted by Crippen LogP contribution is 2.22. The average Bonchev–Trinajstić information content (AvgIpc) is 2.74. The number of guanidine groups is 1. The molecule has 0 fully saturated rings. The zero-order valence-corrected chi connectivity index (χ0v) is 15.3. The Balaban J connectivity index is 1.56. The Labute approximate surface area is 167 Å². The maximum Gasteiger partial charge on any atom is 0.347 e. The third kappa shape index (κ3) is 5.34. The Hall–Kier alpha value is -4.31. The van der Waals surface area contributed by atoms with Crippen LogP contribution >= 0.6 is 0 Å². The van der Waals surface area contributed by atoms with Gasteiger partial charge in [0.15, 0.2) is 5.96 Å². The summed E-state index contributed by atoms with van der Waals surface area (Å²) >= 11 is 0. The van der Waals surface area contributed by atoms with E-state index in [1.165, 1.54) is 18.2 Å². The molecule has 144 valence electrons. The van der Waals surface area contributed by atoms with Crippen LogP contribution in [-0.2, 0) is 6.54 Å². The Morgan fingerprint density at radius 2 is 1.79 bits per heavy atom. The number of nitrogens with zero attached hydrogens (tertiary/aromatic N) is 1. The first-order valence-corrected chi connectivity index (χ1v) is 8.74.